The minimum atomic E-state index is -1.49. The van der Waals surface area contributed by atoms with E-state index < -0.39 is 6.29 Å². The van der Waals surface area contributed by atoms with Crippen molar-refractivity contribution in [2.24, 2.45) is 0 Å². The predicted octanol–water partition coefficient (Wildman–Crippen LogP) is 5.38. The summed E-state index contributed by atoms with van der Waals surface area (Å²) in [4.78, 5) is 12.7. The minimum absolute atomic E-state index is 0.00852. The maximum atomic E-state index is 12.7. The molecule has 2 N–H and O–H groups in total. The second-order valence-electron chi connectivity index (χ2n) is 7.10. The van der Waals surface area contributed by atoms with Crippen LogP contribution in [0.3, 0.4) is 0 Å². The van der Waals surface area contributed by atoms with Gasteiger partial charge in [0.15, 0.2) is 12.1 Å². The van der Waals surface area contributed by atoms with Crippen molar-refractivity contribution < 1.29 is 19.7 Å². The van der Waals surface area contributed by atoms with Crippen molar-refractivity contribution >= 4 is 35.1 Å². The molecule has 0 radical (unpaired) electrons. The Balaban J connectivity index is 1.48. The molecule has 0 spiro atoms. The van der Waals surface area contributed by atoms with Gasteiger partial charge in [0.05, 0.1) is 0 Å². The molecular weight excluding hydrogens is 423 g/mol. The first-order valence-electron chi connectivity index (χ1n) is 9.31. The third-order valence-corrected chi connectivity index (χ3v) is 5.34. The van der Waals surface area contributed by atoms with E-state index in [1.165, 1.54) is 0 Å². The molecule has 0 atom stereocenters. The molecule has 0 bridgehead atoms. The first kappa shape index (κ1) is 20.6. The second kappa shape index (κ2) is 8.62. The summed E-state index contributed by atoms with van der Waals surface area (Å²) in [6.07, 6.45) is 0.843. The van der Waals surface area contributed by atoms with Gasteiger partial charge in [-0.15, -0.1) is 0 Å². The van der Waals surface area contributed by atoms with Crippen LogP contribution in [0.1, 0.15) is 38.9 Å². The van der Waals surface area contributed by atoms with Gasteiger partial charge in [0.2, 0.25) is 0 Å². The number of aliphatic hydroxyl groups is 2. The first-order valence-corrected chi connectivity index (χ1v) is 10.1. The minimum Gasteiger partial charge on any atom is -0.489 e. The highest BCUT2D eigenvalue weighted by molar-refractivity contribution is 6.34. The van der Waals surface area contributed by atoms with E-state index in [0.29, 0.717) is 45.5 Å². The number of ketones is 1. The van der Waals surface area contributed by atoms with Gasteiger partial charge < -0.3 is 14.9 Å². The highest BCUT2D eigenvalue weighted by Gasteiger charge is 2.25. The molecule has 0 amide bonds. The van der Waals surface area contributed by atoms with E-state index in [4.69, 9.17) is 38.2 Å². The van der Waals surface area contributed by atoms with Crippen LogP contribution in [-0.2, 0) is 13.0 Å². The summed E-state index contributed by atoms with van der Waals surface area (Å²) in [6, 6.07) is 17.5. The van der Waals surface area contributed by atoms with Crippen molar-refractivity contribution in [2.75, 3.05) is 0 Å². The van der Waals surface area contributed by atoms with Crippen LogP contribution in [0.15, 0.2) is 66.2 Å². The molecule has 30 heavy (non-hydrogen) atoms. The van der Waals surface area contributed by atoms with Gasteiger partial charge in [0.1, 0.15) is 12.4 Å². The Morgan fingerprint density at radius 3 is 2.33 bits per heavy atom. The zero-order valence-electron chi connectivity index (χ0n) is 15.8. The SMILES string of the molecule is O=C1/C(=C/c2cc(Cl)cc(Cl)c2)Cc2cc(OCc3ccc(C(O)O)cc3)ccc21. The fourth-order valence-electron chi connectivity index (χ4n) is 3.41. The number of carbonyl (C=O) groups is 1. The van der Waals surface area contributed by atoms with Crippen LogP contribution < -0.4 is 4.74 Å². The average Bonchev–Trinajstić information content (AvgIpc) is 3.00. The van der Waals surface area contributed by atoms with Crippen molar-refractivity contribution in [1.29, 1.82) is 0 Å². The molecule has 3 aromatic carbocycles. The van der Waals surface area contributed by atoms with Crippen molar-refractivity contribution in [3.8, 4) is 5.75 Å². The number of hydrogen-bond donors (Lipinski definition) is 2. The largest absolute Gasteiger partial charge is 0.489 e. The topological polar surface area (TPSA) is 66.8 Å². The van der Waals surface area contributed by atoms with Crippen LogP contribution >= 0.6 is 23.2 Å². The lowest BCUT2D eigenvalue weighted by Gasteiger charge is -2.09. The number of fused-ring (bicyclic) bond motifs is 1. The van der Waals surface area contributed by atoms with Crippen molar-refractivity contribution in [1.82, 2.24) is 0 Å². The maximum absolute atomic E-state index is 12.7. The number of rotatable bonds is 5. The van der Waals surface area contributed by atoms with Crippen LogP contribution in [0, 0.1) is 0 Å². The Bertz CT molecular complexity index is 1110. The Kier molecular flexibility index (Phi) is 5.93. The molecule has 1 aliphatic rings. The lowest BCUT2D eigenvalue weighted by atomic mass is 10.1. The number of Topliss-reactive ketones (excluding diaryl/α,β-unsaturated/α-hetero) is 1. The van der Waals surface area contributed by atoms with Crippen molar-refractivity contribution in [3.63, 3.8) is 0 Å². The number of hydrogen-bond acceptors (Lipinski definition) is 4. The van der Waals surface area contributed by atoms with Gasteiger partial charge in [-0.3, -0.25) is 4.79 Å². The molecule has 3 aromatic rings. The summed E-state index contributed by atoms with van der Waals surface area (Å²) in [5, 5.41) is 19.4. The van der Waals surface area contributed by atoms with E-state index in [1.54, 1.807) is 54.6 Å². The van der Waals surface area contributed by atoms with E-state index in [0.717, 1.165) is 16.7 Å². The number of benzene rings is 3. The zero-order valence-corrected chi connectivity index (χ0v) is 17.3. The summed E-state index contributed by atoms with van der Waals surface area (Å²) in [7, 11) is 0. The van der Waals surface area contributed by atoms with Gasteiger partial charge >= 0.3 is 0 Å². The number of carbonyl (C=O) groups excluding carboxylic acids is 1. The highest BCUT2D eigenvalue weighted by Crippen LogP contribution is 2.32. The Morgan fingerprint density at radius 1 is 0.967 bits per heavy atom. The van der Waals surface area contributed by atoms with Gasteiger partial charge in [-0.05, 0) is 59.2 Å². The molecule has 4 nitrogen and oxygen atoms in total. The lowest BCUT2D eigenvalue weighted by Crippen LogP contribution is -1.99. The normalized spacial score (nSPS) is 14.4. The summed E-state index contributed by atoms with van der Waals surface area (Å²) >= 11 is 12.1. The standard InChI is InChI=1S/C24H18Cl2O4/c25-19-8-15(9-20(26)12-19)7-18-10-17-11-21(5-6-22(17)23(18)27)30-13-14-1-3-16(4-2-14)24(28)29/h1-9,11-12,24,28-29H,10,13H2/b18-7+. The third-order valence-electron chi connectivity index (χ3n) is 4.90. The maximum Gasteiger partial charge on any atom is 0.189 e. The molecular formula is C24H18Cl2O4. The van der Waals surface area contributed by atoms with Gasteiger partial charge in [0.25, 0.3) is 0 Å². The van der Waals surface area contributed by atoms with Crippen LogP contribution in [0.5, 0.6) is 5.75 Å². The Labute approximate surface area is 184 Å². The Morgan fingerprint density at radius 2 is 1.67 bits per heavy atom. The molecule has 0 aliphatic heterocycles. The Hall–Kier alpha value is -2.63. The molecule has 4 rings (SSSR count). The molecule has 0 saturated carbocycles. The molecule has 0 heterocycles. The summed E-state index contributed by atoms with van der Waals surface area (Å²) in [5.74, 6) is 0.658. The quantitative estimate of drug-likeness (QED) is 0.412. The number of halogens is 2. The van der Waals surface area contributed by atoms with Crippen molar-refractivity contribution in [3.05, 3.63) is 104 Å². The fourth-order valence-corrected chi connectivity index (χ4v) is 3.96. The van der Waals surface area contributed by atoms with Crippen LogP contribution in [0.4, 0.5) is 0 Å². The van der Waals surface area contributed by atoms with Gasteiger partial charge in [0, 0.05) is 33.2 Å². The van der Waals surface area contributed by atoms with E-state index in [2.05, 4.69) is 0 Å². The lowest BCUT2D eigenvalue weighted by molar-refractivity contribution is -0.0425. The monoisotopic (exact) mass is 440 g/mol. The number of aliphatic hydroxyl groups excluding tert-OH is 1. The highest BCUT2D eigenvalue weighted by atomic mass is 35.5. The number of ether oxygens (including phenoxy) is 1. The first-order chi connectivity index (χ1) is 14.4. The van der Waals surface area contributed by atoms with E-state index in [1.807, 2.05) is 12.1 Å². The second-order valence-corrected chi connectivity index (χ2v) is 7.97. The smallest absolute Gasteiger partial charge is 0.189 e. The van der Waals surface area contributed by atoms with Crippen LogP contribution in [0.25, 0.3) is 6.08 Å². The fraction of sp³-hybridized carbons (Fsp3) is 0.125. The molecule has 152 valence electrons. The van der Waals surface area contributed by atoms with Gasteiger partial charge in [-0.1, -0.05) is 47.5 Å². The zero-order chi connectivity index (χ0) is 21.3. The van der Waals surface area contributed by atoms with Crippen LogP contribution in [-0.4, -0.2) is 16.0 Å². The van der Waals surface area contributed by atoms with Gasteiger partial charge in [-0.25, -0.2) is 0 Å². The molecule has 6 heteroatoms. The predicted molar refractivity (Wildman–Crippen MR) is 117 cm³/mol. The molecule has 0 aromatic heterocycles. The summed E-state index contributed by atoms with van der Waals surface area (Å²) in [6.45, 7) is 0.332. The van der Waals surface area contributed by atoms with Gasteiger partial charge in [-0.2, -0.15) is 0 Å². The molecule has 1 aliphatic carbocycles. The molecule has 0 unspecified atom stereocenters. The number of allylic oxidation sites excluding steroid dienone is 1. The van der Waals surface area contributed by atoms with Crippen molar-refractivity contribution in [2.45, 2.75) is 19.3 Å². The molecule has 0 fully saturated rings. The summed E-state index contributed by atoms with van der Waals surface area (Å²) < 4.78 is 5.85. The molecule has 0 saturated heterocycles. The van der Waals surface area contributed by atoms with E-state index in [9.17, 15) is 4.79 Å². The summed E-state index contributed by atoms with van der Waals surface area (Å²) in [5.41, 5.74) is 4.37. The third kappa shape index (κ3) is 4.58. The average molecular weight is 441 g/mol. The van der Waals surface area contributed by atoms with E-state index >= 15 is 0 Å². The van der Waals surface area contributed by atoms with Crippen LogP contribution in [0.2, 0.25) is 10.0 Å². The van der Waals surface area contributed by atoms with E-state index in [-0.39, 0.29) is 5.78 Å².